The molecule has 1 aromatic rings. The van der Waals surface area contributed by atoms with Crippen LogP contribution >= 0.6 is 0 Å². The summed E-state index contributed by atoms with van der Waals surface area (Å²) in [5, 5.41) is 0. The highest BCUT2D eigenvalue weighted by Gasteiger charge is 2.33. The van der Waals surface area contributed by atoms with Gasteiger partial charge in [-0.1, -0.05) is 6.07 Å². The summed E-state index contributed by atoms with van der Waals surface area (Å²) in [6, 6.07) is 2.05. The first-order valence-electron chi connectivity index (χ1n) is 6.31. The van der Waals surface area contributed by atoms with Crippen LogP contribution in [0.1, 0.15) is 36.6 Å². The average Bonchev–Trinajstić information content (AvgIpc) is 2.45. The molecule has 1 atom stereocenters. The normalized spacial score (nSPS) is 19.8. The van der Waals surface area contributed by atoms with E-state index in [1.165, 1.54) is 24.3 Å². The number of carbonyl (C=O) groups is 1. The Morgan fingerprint density at radius 2 is 2.15 bits per heavy atom. The molecule has 0 radical (unpaired) electrons. The number of nitrogens with zero attached hydrogens (tertiary/aromatic N) is 2. The van der Waals surface area contributed by atoms with Gasteiger partial charge in [0, 0.05) is 12.7 Å². The average molecular weight is 288 g/mol. The molecule has 4 nitrogen and oxygen atoms in total. The summed E-state index contributed by atoms with van der Waals surface area (Å²) in [6.45, 7) is 0.540. The zero-order chi connectivity index (χ0) is 14.8. The summed E-state index contributed by atoms with van der Waals surface area (Å²) >= 11 is 0. The molecule has 0 saturated carbocycles. The van der Waals surface area contributed by atoms with Gasteiger partial charge in [-0.05, 0) is 30.9 Å². The fraction of sp³-hybridized carbons (Fsp3) is 0.538. The second-order valence-electron chi connectivity index (χ2n) is 4.65. The van der Waals surface area contributed by atoms with Gasteiger partial charge in [0.25, 0.3) is 0 Å². The number of aromatic nitrogens is 1. The summed E-state index contributed by atoms with van der Waals surface area (Å²) in [5.74, 6) is 0. The van der Waals surface area contributed by atoms with E-state index >= 15 is 0 Å². The quantitative estimate of drug-likeness (QED) is 0.795. The monoisotopic (exact) mass is 288 g/mol. The van der Waals surface area contributed by atoms with E-state index in [1.54, 1.807) is 0 Å². The Hall–Kier alpha value is -1.79. The Balaban J connectivity index is 2.22. The molecule has 2 heterocycles. The number of amides is 1. The first-order valence-corrected chi connectivity index (χ1v) is 6.31. The number of hydrogen-bond donors (Lipinski definition) is 0. The zero-order valence-electron chi connectivity index (χ0n) is 11.0. The summed E-state index contributed by atoms with van der Waals surface area (Å²) in [6.07, 6.45) is -1.25. The highest BCUT2D eigenvalue weighted by Crippen LogP contribution is 2.33. The molecule has 20 heavy (non-hydrogen) atoms. The van der Waals surface area contributed by atoms with Crippen LogP contribution in [0, 0.1) is 0 Å². The number of carbonyl (C=O) groups excluding carboxylic acids is 1. The number of likely N-dealkylation sites (tertiary alicyclic amines) is 1. The molecule has 0 aromatic carbocycles. The van der Waals surface area contributed by atoms with E-state index in [1.807, 2.05) is 0 Å². The van der Waals surface area contributed by atoms with Crippen LogP contribution in [-0.2, 0) is 10.9 Å². The molecule has 1 unspecified atom stereocenters. The van der Waals surface area contributed by atoms with Crippen molar-refractivity contribution >= 4 is 6.09 Å². The zero-order valence-corrected chi connectivity index (χ0v) is 11.0. The molecule has 1 aromatic heterocycles. The van der Waals surface area contributed by atoms with Crippen LogP contribution in [-0.4, -0.2) is 29.6 Å². The van der Waals surface area contributed by atoms with E-state index in [4.69, 9.17) is 4.74 Å². The van der Waals surface area contributed by atoms with Gasteiger partial charge in [0.15, 0.2) is 0 Å². The van der Waals surface area contributed by atoms with Gasteiger partial charge < -0.3 is 9.64 Å². The molecule has 0 aliphatic carbocycles. The van der Waals surface area contributed by atoms with E-state index < -0.39 is 18.0 Å². The number of pyridine rings is 1. The predicted molar refractivity (Wildman–Crippen MR) is 64.9 cm³/mol. The molecule has 110 valence electrons. The van der Waals surface area contributed by atoms with Crippen LogP contribution in [0.25, 0.3) is 0 Å². The van der Waals surface area contributed by atoms with Crippen LogP contribution in [0.15, 0.2) is 18.3 Å². The van der Waals surface area contributed by atoms with Gasteiger partial charge in [-0.25, -0.2) is 4.79 Å². The molecule has 1 saturated heterocycles. The second-order valence-corrected chi connectivity index (χ2v) is 4.65. The lowest BCUT2D eigenvalue weighted by Gasteiger charge is -2.34. The van der Waals surface area contributed by atoms with Gasteiger partial charge in [0.05, 0.1) is 13.2 Å². The van der Waals surface area contributed by atoms with Crippen LogP contribution in [0.4, 0.5) is 18.0 Å². The first kappa shape index (κ1) is 14.6. The predicted octanol–water partition coefficient (Wildman–Crippen LogP) is 3.39. The van der Waals surface area contributed by atoms with Crippen molar-refractivity contribution in [2.45, 2.75) is 31.5 Å². The second kappa shape index (κ2) is 5.68. The van der Waals surface area contributed by atoms with Gasteiger partial charge in [-0.2, -0.15) is 13.2 Å². The molecule has 0 N–H and O–H groups in total. The Bertz CT molecular complexity index is 473. The van der Waals surface area contributed by atoms with Crippen molar-refractivity contribution in [1.82, 2.24) is 9.88 Å². The third-order valence-electron chi connectivity index (χ3n) is 3.37. The maximum atomic E-state index is 12.5. The van der Waals surface area contributed by atoms with Crippen molar-refractivity contribution in [2.24, 2.45) is 0 Å². The summed E-state index contributed by atoms with van der Waals surface area (Å²) in [7, 11) is 1.29. The molecular formula is C13H15F3N2O2. The standard InChI is InChI=1S/C13H15F3N2O2/c1-20-12(19)18-7-3-2-4-10(18)9-5-6-11(17-8-9)13(14,15)16/h5-6,8,10H,2-4,7H2,1H3. The third-order valence-corrected chi connectivity index (χ3v) is 3.37. The number of halogens is 3. The van der Waals surface area contributed by atoms with Crippen molar-refractivity contribution in [1.29, 1.82) is 0 Å². The molecular weight excluding hydrogens is 273 g/mol. The summed E-state index contributed by atoms with van der Waals surface area (Å²) in [4.78, 5) is 16.7. The van der Waals surface area contributed by atoms with Gasteiger partial charge in [-0.3, -0.25) is 4.98 Å². The number of rotatable bonds is 1. The van der Waals surface area contributed by atoms with E-state index in [-0.39, 0.29) is 6.04 Å². The van der Waals surface area contributed by atoms with Crippen LogP contribution in [0.5, 0.6) is 0 Å². The Morgan fingerprint density at radius 1 is 1.40 bits per heavy atom. The molecule has 1 aliphatic heterocycles. The van der Waals surface area contributed by atoms with Crippen LogP contribution < -0.4 is 0 Å². The van der Waals surface area contributed by atoms with Crippen LogP contribution in [0.3, 0.4) is 0 Å². The largest absolute Gasteiger partial charge is 0.453 e. The lowest BCUT2D eigenvalue weighted by Crippen LogP contribution is -2.38. The Labute approximate surface area is 114 Å². The minimum Gasteiger partial charge on any atom is -0.453 e. The van der Waals surface area contributed by atoms with Gasteiger partial charge in [-0.15, -0.1) is 0 Å². The van der Waals surface area contributed by atoms with E-state index in [0.717, 1.165) is 18.9 Å². The van der Waals surface area contributed by atoms with E-state index in [9.17, 15) is 18.0 Å². The van der Waals surface area contributed by atoms with Crippen molar-refractivity contribution < 1.29 is 22.7 Å². The molecule has 7 heteroatoms. The SMILES string of the molecule is COC(=O)N1CCCCC1c1ccc(C(F)(F)F)nc1. The smallest absolute Gasteiger partial charge is 0.433 e. The Morgan fingerprint density at radius 3 is 2.70 bits per heavy atom. The molecule has 2 rings (SSSR count). The fourth-order valence-electron chi connectivity index (χ4n) is 2.38. The summed E-state index contributed by atoms with van der Waals surface area (Å²) in [5.41, 5.74) is -0.329. The third kappa shape index (κ3) is 3.02. The number of ether oxygens (including phenoxy) is 1. The lowest BCUT2D eigenvalue weighted by molar-refractivity contribution is -0.141. The summed E-state index contributed by atoms with van der Waals surface area (Å²) < 4.78 is 42.1. The lowest BCUT2D eigenvalue weighted by atomic mass is 9.97. The first-order chi connectivity index (χ1) is 9.43. The van der Waals surface area contributed by atoms with Gasteiger partial charge in [0.1, 0.15) is 5.69 Å². The molecule has 0 bridgehead atoms. The number of methoxy groups -OCH3 is 1. The fourth-order valence-corrected chi connectivity index (χ4v) is 2.38. The molecule has 1 amide bonds. The maximum Gasteiger partial charge on any atom is 0.433 e. The molecule has 1 aliphatic rings. The van der Waals surface area contributed by atoms with Gasteiger partial charge in [0.2, 0.25) is 0 Å². The topological polar surface area (TPSA) is 42.4 Å². The van der Waals surface area contributed by atoms with Crippen molar-refractivity contribution in [3.8, 4) is 0 Å². The minimum absolute atomic E-state index is 0.272. The van der Waals surface area contributed by atoms with Crippen LogP contribution in [0.2, 0.25) is 0 Å². The molecule has 0 spiro atoms. The Kier molecular flexibility index (Phi) is 4.15. The highest BCUT2D eigenvalue weighted by atomic mass is 19.4. The van der Waals surface area contributed by atoms with Crippen molar-refractivity contribution in [3.05, 3.63) is 29.6 Å². The number of piperidine rings is 1. The van der Waals surface area contributed by atoms with E-state index in [0.29, 0.717) is 18.5 Å². The minimum atomic E-state index is -4.45. The molecule has 1 fully saturated rings. The van der Waals surface area contributed by atoms with Crippen molar-refractivity contribution in [3.63, 3.8) is 0 Å². The van der Waals surface area contributed by atoms with E-state index in [2.05, 4.69) is 4.98 Å². The highest BCUT2D eigenvalue weighted by molar-refractivity contribution is 5.68. The maximum absolute atomic E-state index is 12.5. The number of alkyl halides is 3. The number of hydrogen-bond acceptors (Lipinski definition) is 3. The van der Waals surface area contributed by atoms with Crippen molar-refractivity contribution in [2.75, 3.05) is 13.7 Å². The van der Waals surface area contributed by atoms with Gasteiger partial charge >= 0.3 is 12.3 Å².